The van der Waals surface area contributed by atoms with Crippen molar-refractivity contribution in [2.24, 2.45) is 5.92 Å². The SMILES string of the molecule is CCCNC(=S)NC(CC)C(C)C. The summed E-state index contributed by atoms with van der Waals surface area (Å²) in [6, 6.07) is 0.497. The van der Waals surface area contributed by atoms with E-state index in [9.17, 15) is 0 Å². The molecule has 0 fully saturated rings. The number of rotatable bonds is 5. The first-order valence-electron chi connectivity index (χ1n) is 5.16. The summed E-state index contributed by atoms with van der Waals surface area (Å²) in [7, 11) is 0. The van der Waals surface area contributed by atoms with Gasteiger partial charge in [-0.2, -0.15) is 0 Å². The van der Waals surface area contributed by atoms with E-state index in [0.717, 1.165) is 24.5 Å². The second kappa shape index (κ2) is 7.13. The van der Waals surface area contributed by atoms with Gasteiger partial charge in [-0.15, -0.1) is 0 Å². The van der Waals surface area contributed by atoms with Crippen molar-refractivity contribution in [3.63, 3.8) is 0 Å². The predicted octanol–water partition coefficient (Wildman–Crippen LogP) is 2.30. The molecule has 13 heavy (non-hydrogen) atoms. The number of hydrogen-bond donors (Lipinski definition) is 2. The van der Waals surface area contributed by atoms with Crippen LogP contribution in [0.15, 0.2) is 0 Å². The molecule has 0 aliphatic rings. The molecule has 0 aliphatic carbocycles. The fourth-order valence-corrected chi connectivity index (χ4v) is 1.45. The summed E-state index contributed by atoms with van der Waals surface area (Å²) < 4.78 is 0. The smallest absolute Gasteiger partial charge is 0.166 e. The lowest BCUT2D eigenvalue weighted by Gasteiger charge is -2.22. The van der Waals surface area contributed by atoms with Gasteiger partial charge in [-0.1, -0.05) is 27.7 Å². The quantitative estimate of drug-likeness (QED) is 0.669. The van der Waals surface area contributed by atoms with E-state index < -0.39 is 0 Å². The van der Waals surface area contributed by atoms with Gasteiger partial charge in [0.25, 0.3) is 0 Å². The van der Waals surface area contributed by atoms with Gasteiger partial charge in [-0.05, 0) is 31.0 Å². The molecule has 0 aromatic heterocycles. The van der Waals surface area contributed by atoms with E-state index in [2.05, 4.69) is 38.3 Å². The Labute approximate surface area is 87.5 Å². The van der Waals surface area contributed by atoms with Gasteiger partial charge >= 0.3 is 0 Å². The van der Waals surface area contributed by atoms with Crippen LogP contribution in [0.4, 0.5) is 0 Å². The Bertz CT molecular complexity index is 146. The van der Waals surface area contributed by atoms with Crippen LogP contribution in [-0.4, -0.2) is 17.7 Å². The average molecular weight is 202 g/mol. The first-order valence-corrected chi connectivity index (χ1v) is 5.57. The predicted molar refractivity (Wildman–Crippen MR) is 62.9 cm³/mol. The maximum atomic E-state index is 5.16. The molecule has 0 heterocycles. The second-order valence-electron chi connectivity index (χ2n) is 3.66. The van der Waals surface area contributed by atoms with Crippen LogP contribution in [0.2, 0.25) is 0 Å². The van der Waals surface area contributed by atoms with Gasteiger partial charge in [-0.25, -0.2) is 0 Å². The van der Waals surface area contributed by atoms with E-state index in [4.69, 9.17) is 12.2 Å². The van der Waals surface area contributed by atoms with Crippen molar-refractivity contribution in [2.45, 2.75) is 46.6 Å². The van der Waals surface area contributed by atoms with Crippen LogP contribution >= 0.6 is 12.2 Å². The third-order valence-electron chi connectivity index (χ3n) is 2.10. The maximum absolute atomic E-state index is 5.16. The molecule has 1 unspecified atom stereocenters. The van der Waals surface area contributed by atoms with Gasteiger partial charge in [0.2, 0.25) is 0 Å². The van der Waals surface area contributed by atoms with E-state index in [1.807, 2.05) is 0 Å². The topological polar surface area (TPSA) is 24.1 Å². The molecule has 2 nitrogen and oxygen atoms in total. The van der Waals surface area contributed by atoms with E-state index in [1.165, 1.54) is 0 Å². The largest absolute Gasteiger partial charge is 0.363 e. The molecule has 2 N–H and O–H groups in total. The van der Waals surface area contributed by atoms with Crippen LogP contribution in [0.5, 0.6) is 0 Å². The highest BCUT2D eigenvalue weighted by molar-refractivity contribution is 7.80. The number of nitrogens with one attached hydrogen (secondary N) is 2. The first kappa shape index (κ1) is 12.7. The van der Waals surface area contributed by atoms with E-state index >= 15 is 0 Å². The molecular weight excluding hydrogens is 180 g/mol. The van der Waals surface area contributed by atoms with Crippen LogP contribution in [0.25, 0.3) is 0 Å². The van der Waals surface area contributed by atoms with Gasteiger partial charge in [0.15, 0.2) is 5.11 Å². The molecule has 0 rings (SSSR count). The zero-order valence-electron chi connectivity index (χ0n) is 9.18. The summed E-state index contributed by atoms with van der Waals surface area (Å²) >= 11 is 5.16. The van der Waals surface area contributed by atoms with Crippen molar-refractivity contribution in [1.29, 1.82) is 0 Å². The van der Waals surface area contributed by atoms with Crippen LogP contribution in [0, 0.1) is 5.92 Å². The lowest BCUT2D eigenvalue weighted by molar-refractivity contribution is 0.439. The Kier molecular flexibility index (Phi) is 6.96. The fraction of sp³-hybridized carbons (Fsp3) is 0.900. The third kappa shape index (κ3) is 5.86. The van der Waals surface area contributed by atoms with Crippen molar-refractivity contribution in [3.05, 3.63) is 0 Å². The lowest BCUT2D eigenvalue weighted by atomic mass is 10.0. The molecular formula is C10H22N2S. The van der Waals surface area contributed by atoms with Crippen molar-refractivity contribution in [3.8, 4) is 0 Å². The van der Waals surface area contributed by atoms with Crippen molar-refractivity contribution in [1.82, 2.24) is 10.6 Å². The molecule has 0 bridgehead atoms. The molecule has 0 aliphatic heterocycles. The van der Waals surface area contributed by atoms with Crippen LogP contribution in [0.3, 0.4) is 0 Å². The minimum absolute atomic E-state index is 0.497. The van der Waals surface area contributed by atoms with Gasteiger partial charge in [-0.3, -0.25) is 0 Å². The highest BCUT2D eigenvalue weighted by Crippen LogP contribution is 2.04. The molecule has 0 spiro atoms. The number of hydrogen-bond acceptors (Lipinski definition) is 1. The van der Waals surface area contributed by atoms with E-state index in [1.54, 1.807) is 0 Å². The Hall–Kier alpha value is -0.310. The van der Waals surface area contributed by atoms with Crippen LogP contribution in [-0.2, 0) is 0 Å². The minimum Gasteiger partial charge on any atom is -0.363 e. The average Bonchev–Trinajstić information content (AvgIpc) is 2.10. The molecule has 0 amide bonds. The zero-order valence-corrected chi connectivity index (χ0v) is 10.0. The minimum atomic E-state index is 0.497. The molecule has 0 saturated carbocycles. The Balaban J connectivity index is 3.73. The Morgan fingerprint density at radius 3 is 2.31 bits per heavy atom. The summed E-state index contributed by atoms with van der Waals surface area (Å²) in [5.74, 6) is 0.631. The third-order valence-corrected chi connectivity index (χ3v) is 2.36. The Morgan fingerprint density at radius 2 is 1.92 bits per heavy atom. The molecule has 0 aromatic carbocycles. The van der Waals surface area contributed by atoms with Crippen LogP contribution in [0.1, 0.15) is 40.5 Å². The summed E-state index contributed by atoms with van der Waals surface area (Å²) in [6.45, 7) is 9.70. The van der Waals surface area contributed by atoms with Gasteiger partial charge in [0.05, 0.1) is 0 Å². The van der Waals surface area contributed by atoms with Gasteiger partial charge < -0.3 is 10.6 Å². The Morgan fingerprint density at radius 1 is 1.31 bits per heavy atom. The van der Waals surface area contributed by atoms with E-state index in [-0.39, 0.29) is 0 Å². The van der Waals surface area contributed by atoms with Gasteiger partial charge in [0, 0.05) is 12.6 Å². The first-order chi connectivity index (χ1) is 6.11. The maximum Gasteiger partial charge on any atom is 0.166 e. The molecule has 0 saturated heterocycles. The normalized spacial score (nSPS) is 12.7. The summed E-state index contributed by atoms with van der Waals surface area (Å²) in [4.78, 5) is 0. The lowest BCUT2D eigenvalue weighted by Crippen LogP contribution is -2.44. The molecule has 3 heteroatoms. The number of thiocarbonyl (C=S) groups is 1. The zero-order chi connectivity index (χ0) is 10.3. The highest BCUT2D eigenvalue weighted by Gasteiger charge is 2.10. The monoisotopic (exact) mass is 202 g/mol. The van der Waals surface area contributed by atoms with E-state index in [0.29, 0.717) is 12.0 Å². The summed E-state index contributed by atoms with van der Waals surface area (Å²) in [6.07, 6.45) is 2.23. The van der Waals surface area contributed by atoms with Crippen molar-refractivity contribution >= 4 is 17.3 Å². The standard InChI is InChI=1S/C10H22N2S/c1-5-7-11-10(13)12-9(6-2)8(3)4/h8-9H,5-7H2,1-4H3,(H2,11,12,13). The summed E-state index contributed by atoms with van der Waals surface area (Å²) in [5, 5.41) is 7.29. The second-order valence-corrected chi connectivity index (χ2v) is 4.07. The fourth-order valence-electron chi connectivity index (χ4n) is 1.20. The molecule has 1 atom stereocenters. The molecule has 0 aromatic rings. The van der Waals surface area contributed by atoms with Crippen LogP contribution < -0.4 is 10.6 Å². The van der Waals surface area contributed by atoms with Crippen molar-refractivity contribution in [2.75, 3.05) is 6.54 Å². The highest BCUT2D eigenvalue weighted by atomic mass is 32.1. The van der Waals surface area contributed by atoms with Crippen molar-refractivity contribution < 1.29 is 0 Å². The summed E-state index contributed by atoms with van der Waals surface area (Å²) in [5.41, 5.74) is 0. The molecule has 0 radical (unpaired) electrons. The molecule has 78 valence electrons. The van der Waals surface area contributed by atoms with Gasteiger partial charge in [0.1, 0.15) is 0 Å².